The van der Waals surface area contributed by atoms with Gasteiger partial charge >= 0.3 is 12.4 Å². The number of piperidine rings is 1. The second-order valence-electron chi connectivity index (χ2n) is 7.31. The molecule has 0 amide bonds. The molecule has 9 heteroatoms. The average Bonchev–Trinajstić information content (AvgIpc) is 3.20. The molecule has 3 rings (SSSR count). The Labute approximate surface area is 145 Å². The van der Waals surface area contributed by atoms with Gasteiger partial charge in [0.1, 0.15) is 0 Å². The molecule has 3 nitrogen and oxygen atoms in total. The molecule has 1 heterocycles. The molecule has 0 radical (unpaired) electrons. The van der Waals surface area contributed by atoms with Crippen molar-refractivity contribution in [3.05, 3.63) is 29.3 Å². The molecule has 1 aromatic rings. The highest BCUT2D eigenvalue weighted by Gasteiger charge is 2.59. The number of alkyl halides is 6. The Balaban J connectivity index is 2.03. The Morgan fingerprint density at radius 1 is 1.27 bits per heavy atom. The van der Waals surface area contributed by atoms with E-state index >= 15 is 0 Å². The minimum Gasteiger partial charge on any atom is -0.382 e. The highest BCUT2D eigenvalue weighted by atomic mass is 19.4. The van der Waals surface area contributed by atoms with Crippen molar-refractivity contribution in [2.75, 3.05) is 11.4 Å². The summed E-state index contributed by atoms with van der Waals surface area (Å²) in [6, 6.07) is 2.94. The Kier molecular flexibility index (Phi) is 4.18. The summed E-state index contributed by atoms with van der Waals surface area (Å²) < 4.78 is 78.7. The van der Waals surface area contributed by atoms with E-state index in [-0.39, 0.29) is 30.0 Å². The van der Waals surface area contributed by atoms with Crippen LogP contribution in [0.2, 0.25) is 0 Å². The van der Waals surface area contributed by atoms with Crippen molar-refractivity contribution in [2.24, 2.45) is 11.3 Å². The van der Waals surface area contributed by atoms with Crippen LogP contribution in [0.15, 0.2) is 18.2 Å². The fraction of sp³-hybridized carbons (Fsp3) is 0.588. The van der Waals surface area contributed by atoms with E-state index in [4.69, 9.17) is 5.26 Å². The summed E-state index contributed by atoms with van der Waals surface area (Å²) in [5.74, 6) is 0.0150. The molecular weight excluding hydrogens is 362 g/mol. The number of aliphatic hydroxyl groups is 1. The van der Waals surface area contributed by atoms with Crippen LogP contribution in [0, 0.1) is 22.7 Å². The quantitative estimate of drug-likeness (QED) is 0.788. The Morgan fingerprint density at radius 3 is 2.46 bits per heavy atom. The van der Waals surface area contributed by atoms with E-state index in [1.54, 1.807) is 0 Å². The van der Waals surface area contributed by atoms with Gasteiger partial charge in [0.05, 0.1) is 23.2 Å². The van der Waals surface area contributed by atoms with Crippen molar-refractivity contribution in [1.29, 1.82) is 5.26 Å². The number of aliphatic hydroxyl groups excluding tert-OH is 1. The van der Waals surface area contributed by atoms with Gasteiger partial charge in [-0.15, -0.1) is 0 Å². The lowest BCUT2D eigenvalue weighted by Gasteiger charge is -2.42. The molecule has 1 aliphatic heterocycles. The predicted octanol–water partition coefficient (Wildman–Crippen LogP) is 4.11. The van der Waals surface area contributed by atoms with E-state index in [2.05, 4.69) is 0 Å². The molecule has 0 aromatic heterocycles. The van der Waals surface area contributed by atoms with E-state index in [0.717, 1.165) is 6.07 Å². The number of hydrogen-bond acceptors (Lipinski definition) is 3. The topological polar surface area (TPSA) is 47.3 Å². The zero-order valence-electron chi connectivity index (χ0n) is 13.7. The summed E-state index contributed by atoms with van der Waals surface area (Å²) in [7, 11) is 0. The summed E-state index contributed by atoms with van der Waals surface area (Å²) in [4.78, 5) is 1.21. The maximum atomic E-state index is 13.2. The zero-order valence-corrected chi connectivity index (χ0v) is 13.7. The first-order valence-corrected chi connectivity index (χ1v) is 7.99. The Morgan fingerprint density at radius 2 is 1.92 bits per heavy atom. The van der Waals surface area contributed by atoms with Crippen molar-refractivity contribution in [3.8, 4) is 6.07 Å². The highest BCUT2D eigenvalue weighted by Crippen LogP contribution is 2.59. The molecule has 1 N–H and O–H groups in total. The number of halogens is 6. The minimum absolute atomic E-state index is 0.0150. The molecule has 1 saturated carbocycles. The van der Waals surface area contributed by atoms with Crippen LogP contribution in [0.4, 0.5) is 32.0 Å². The van der Waals surface area contributed by atoms with Gasteiger partial charge in [-0.3, -0.25) is 0 Å². The third kappa shape index (κ3) is 3.22. The summed E-state index contributed by atoms with van der Waals surface area (Å²) >= 11 is 0. The number of nitrogens with zero attached hydrogens (tertiary/aromatic N) is 2. The lowest BCUT2D eigenvalue weighted by Crippen LogP contribution is -2.54. The monoisotopic (exact) mass is 378 g/mol. The number of anilines is 1. The summed E-state index contributed by atoms with van der Waals surface area (Å²) in [5.41, 5.74) is -2.13. The van der Waals surface area contributed by atoms with Crippen LogP contribution in [-0.2, 0) is 6.18 Å². The van der Waals surface area contributed by atoms with Gasteiger partial charge in [0.25, 0.3) is 0 Å². The molecule has 2 aliphatic rings. The molecule has 26 heavy (non-hydrogen) atoms. The Hall–Kier alpha value is -1.95. The first-order chi connectivity index (χ1) is 11.9. The molecule has 142 valence electrons. The van der Waals surface area contributed by atoms with Crippen LogP contribution in [0.5, 0.6) is 0 Å². The number of fused-ring (bicyclic) bond motifs is 1. The highest BCUT2D eigenvalue weighted by molar-refractivity contribution is 5.56. The number of rotatable bonds is 2. The minimum atomic E-state index is -4.87. The molecule has 0 bridgehead atoms. The number of benzene rings is 1. The van der Waals surface area contributed by atoms with E-state index in [0.29, 0.717) is 12.5 Å². The summed E-state index contributed by atoms with van der Waals surface area (Å²) in [6.45, 7) is 1.99. The van der Waals surface area contributed by atoms with Crippen molar-refractivity contribution in [2.45, 2.75) is 44.3 Å². The van der Waals surface area contributed by atoms with E-state index in [9.17, 15) is 31.4 Å². The average molecular weight is 378 g/mol. The molecule has 1 aliphatic carbocycles. The molecule has 1 aromatic carbocycles. The molecule has 2 fully saturated rings. The van der Waals surface area contributed by atoms with Crippen LogP contribution in [0.3, 0.4) is 0 Å². The van der Waals surface area contributed by atoms with Gasteiger partial charge in [0, 0.05) is 12.2 Å². The molecular formula is C17H16F6N2O. The number of hydrogen-bond donors (Lipinski definition) is 1. The van der Waals surface area contributed by atoms with Gasteiger partial charge in [-0.05, 0) is 42.4 Å². The van der Waals surface area contributed by atoms with Gasteiger partial charge in [0.15, 0.2) is 6.10 Å². The third-order valence-electron chi connectivity index (χ3n) is 5.46. The van der Waals surface area contributed by atoms with Crippen LogP contribution in [0.25, 0.3) is 0 Å². The maximum Gasteiger partial charge on any atom is 0.417 e. The van der Waals surface area contributed by atoms with Crippen molar-refractivity contribution in [1.82, 2.24) is 0 Å². The molecule has 1 unspecified atom stereocenters. The van der Waals surface area contributed by atoms with Crippen LogP contribution < -0.4 is 4.90 Å². The SMILES string of the molecule is CC12C[C@H]1C[C@H]([C@@H](O)C(F)(F)F)N(c1ccc(C#N)c(C(F)(F)F)c1)C2. The smallest absolute Gasteiger partial charge is 0.382 e. The standard InChI is InChI=1S/C17H16F6N2O/c1-15-6-10(15)4-13(14(26)17(21,22)23)25(8-15)11-3-2-9(7-24)12(5-11)16(18,19)20/h2-3,5,10,13-14,26H,4,6,8H2,1H3/t10-,13-,14-,15?/m1/s1. The predicted molar refractivity (Wildman–Crippen MR) is 80.2 cm³/mol. The first kappa shape index (κ1) is 18.8. The fourth-order valence-corrected chi connectivity index (χ4v) is 3.83. The number of nitriles is 1. The maximum absolute atomic E-state index is 13.2. The zero-order chi connectivity index (χ0) is 19.5. The largest absolute Gasteiger partial charge is 0.417 e. The van der Waals surface area contributed by atoms with Crippen LogP contribution in [0.1, 0.15) is 30.9 Å². The van der Waals surface area contributed by atoms with Crippen LogP contribution in [-0.4, -0.2) is 30.0 Å². The summed E-state index contributed by atoms with van der Waals surface area (Å²) in [6.07, 6.45) is -11.6. The molecule has 0 spiro atoms. The van der Waals surface area contributed by atoms with Gasteiger partial charge in [0.2, 0.25) is 0 Å². The lowest BCUT2D eigenvalue weighted by atomic mass is 9.90. The fourth-order valence-electron chi connectivity index (χ4n) is 3.83. The van der Waals surface area contributed by atoms with Gasteiger partial charge in [-0.1, -0.05) is 6.92 Å². The van der Waals surface area contributed by atoms with Gasteiger partial charge < -0.3 is 10.0 Å². The van der Waals surface area contributed by atoms with E-state index in [1.165, 1.54) is 17.0 Å². The van der Waals surface area contributed by atoms with E-state index < -0.39 is 35.6 Å². The molecule has 4 atom stereocenters. The second kappa shape index (κ2) is 5.78. The van der Waals surface area contributed by atoms with E-state index in [1.807, 2.05) is 6.92 Å². The lowest BCUT2D eigenvalue weighted by molar-refractivity contribution is -0.211. The summed E-state index contributed by atoms with van der Waals surface area (Å²) in [5, 5.41) is 18.6. The van der Waals surface area contributed by atoms with Crippen molar-refractivity contribution in [3.63, 3.8) is 0 Å². The normalized spacial score (nSPS) is 29.7. The Bertz CT molecular complexity index is 753. The first-order valence-electron chi connectivity index (χ1n) is 7.99. The van der Waals surface area contributed by atoms with Crippen LogP contribution >= 0.6 is 0 Å². The third-order valence-corrected chi connectivity index (χ3v) is 5.46. The molecule has 1 saturated heterocycles. The van der Waals surface area contributed by atoms with Gasteiger partial charge in [-0.2, -0.15) is 31.6 Å². The second-order valence-corrected chi connectivity index (χ2v) is 7.31. The van der Waals surface area contributed by atoms with Crippen molar-refractivity contribution >= 4 is 5.69 Å². The van der Waals surface area contributed by atoms with Crippen molar-refractivity contribution < 1.29 is 31.4 Å². The van der Waals surface area contributed by atoms with Gasteiger partial charge in [-0.25, -0.2) is 0 Å².